The monoisotopic (exact) mass is 381 g/mol. The number of nitrogens with one attached hydrogen (secondary N) is 1. The van der Waals surface area contributed by atoms with Crippen LogP contribution in [0, 0.1) is 5.92 Å². The van der Waals surface area contributed by atoms with E-state index in [1.165, 1.54) is 0 Å². The molecule has 2 rings (SSSR count). The fraction of sp³-hybridized carbons (Fsp3) is 0.333. The molecule has 1 N–H and O–H groups in total. The molecule has 4 heteroatoms. The van der Waals surface area contributed by atoms with Gasteiger partial charge in [0, 0.05) is 21.6 Å². The van der Waals surface area contributed by atoms with Crippen molar-refractivity contribution < 1.29 is 4.74 Å². The number of hydrogen-bond acceptors (Lipinski definition) is 2. The van der Waals surface area contributed by atoms with E-state index < -0.39 is 0 Å². The Morgan fingerprint density at radius 3 is 2.55 bits per heavy atom. The van der Waals surface area contributed by atoms with E-state index in [1.807, 2.05) is 36.4 Å². The lowest BCUT2D eigenvalue weighted by Crippen LogP contribution is -2.19. The first-order valence-corrected chi connectivity index (χ1v) is 8.58. The summed E-state index contributed by atoms with van der Waals surface area (Å²) < 4.78 is 7.03. The second kappa shape index (κ2) is 8.56. The van der Waals surface area contributed by atoms with Gasteiger partial charge in [-0.15, -0.1) is 0 Å². The summed E-state index contributed by atoms with van der Waals surface area (Å²) in [5.41, 5.74) is 2.26. The minimum Gasteiger partial charge on any atom is -0.489 e. The largest absolute Gasteiger partial charge is 0.489 e. The van der Waals surface area contributed by atoms with Crippen molar-refractivity contribution in [2.75, 3.05) is 6.54 Å². The van der Waals surface area contributed by atoms with E-state index in [9.17, 15) is 0 Å². The molecule has 22 heavy (non-hydrogen) atoms. The Hall–Kier alpha value is -1.03. The minimum atomic E-state index is 0.538. The van der Waals surface area contributed by atoms with Crippen molar-refractivity contribution in [3.63, 3.8) is 0 Å². The fourth-order valence-electron chi connectivity index (χ4n) is 2.06. The first-order valence-electron chi connectivity index (χ1n) is 7.41. The van der Waals surface area contributed by atoms with Crippen LogP contribution in [0.2, 0.25) is 5.02 Å². The molecule has 0 fully saturated rings. The maximum atomic E-state index is 5.97. The van der Waals surface area contributed by atoms with Gasteiger partial charge in [-0.1, -0.05) is 53.5 Å². The van der Waals surface area contributed by atoms with Crippen molar-refractivity contribution >= 4 is 27.5 Å². The van der Waals surface area contributed by atoms with Crippen molar-refractivity contribution in [2.24, 2.45) is 5.92 Å². The van der Waals surface area contributed by atoms with Gasteiger partial charge in [0.2, 0.25) is 0 Å². The molecule has 0 radical (unpaired) electrons. The summed E-state index contributed by atoms with van der Waals surface area (Å²) in [5, 5.41) is 4.20. The molecular weight excluding hydrogens is 362 g/mol. The highest BCUT2D eigenvalue weighted by Crippen LogP contribution is 2.24. The summed E-state index contributed by atoms with van der Waals surface area (Å²) in [4.78, 5) is 0. The van der Waals surface area contributed by atoms with E-state index in [4.69, 9.17) is 16.3 Å². The van der Waals surface area contributed by atoms with E-state index >= 15 is 0 Å². The second-order valence-electron chi connectivity index (χ2n) is 5.69. The van der Waals surface area contributed by atoms with E-state index in [1.54, 1.807) is 0 Å². The lowest BCUT2D eigenvalue weighted by Gasteiger charge is -2.14. The average molecular weight is 383 g/mol. The molecule has 2 nitrogen and oxygen atoms in total. The SMILES string of the molecule is CC(C)CNCc1cc(Br)ccc1OCc1ccc(Cl)cc1. The molecule has 0 atom stereocenters. The normalized spacial score (nSPS) is 11.0. The van der Waals surface area contributed by atoms with Gasteiger partial charge in [-0.05, 0) is 48.4 Å². The third kappa shape index (κ3) is 5.64. The quantitative estimate of drug-likeness (QED) is 0.689. The molecule has 0 amide bonds. The molecule has 0 spiro atoms. The van der Waals surface area contributed by atoms with Crippen molar-refractivity contribution in [3.05, 3.63) is 63.1 Å². The predicted molar refractivity (Wildman–Crippen MR) is 96.5 cm³/mol. The summed E-state index contributed by atoms with van der Waals surface area (Å²) in [6.07, 6.45) is 0. The van der Waals surface area contributed by atoms with Gasteiger partial charge in [0.15, 0.2) is 0 Å². The van der Waals surface area contributed by atoms with Crippen LogP contribution in [0.15, 0.2) is 46.9 Å². The number of halogens is 2. The van der Waals surface area contributed by atoms with Crippen molar-refractivity contribution in [3.8, 4) is 5.75 Å². The first-order chi connectivity index (χ1) is 10.5. The lowest BCUT2D eigenvalue weighted by atomic mass is 10.1. The zero-order valence-electron chi connectivity index (χ0n) is 12.9. The Kier molecular flexibility index (Phi) is 6.74. The molecule has 0 unspecified atom stereocenters. The molecule has 0 aliphatic carbocycles. The summed E-state index contributed by atoms with van der Waals surface area (Å²) in [5.74, 6) is 1.54. The third-order valence-electron chi connectivity index (χ3n) is 3.20. The van der Waals surface area contributed by atoms with E-state index in [0.717, 1.165) is 39.5 Å². The Morgan fingerprint density at radius 1 is 1.14 bits per heavy atom. The van der Waals surface area contributed by atoms with Crippen LogP contribution in [0.3, 0.4) is 0 Å². The van der Waals surface area contributed by atoms with Gasteiger partial charge in [-0.25, -0.2) is 0 Å². The van der Waals surface area contributed by atoms with Gasteiger partial charge in [0.25, 0.3) is 0 Å². The molecule has 0 bridgehead atoms. The Labute approximate surface area is 146 Å². The zero-order chi connectivity index (χ0) is 15.9. The van der Waals surface area contributed by atoms with Gasteiger partial charge >= 0.3 is 0 Å². The van der Waals surface area contributed by atoms with Crippen LogP contribution in [0.1, 0.15) is 25.0 Å². The van der Waals surface area contributed by atoms with Gasteiger partial charge in [-0.3, -0.25) is 0 Å². The minimum absolute atomic E-state index is 0.538. The zero-order valence-corrected chi connectivity index (χ0v) is 15.2. The Balaban J connectivity index is 2.01. The van der Waals surface area contributed by atoms with E-state index in [-0.39, 0.29) is 0 Å². The summed E-state index contributed by atoms with van der Waals surface area (Å²) >= 11 is 9.42. The number of benzene rings is 2. The predicted octanol–water partition coefficient (Wildman–Crippen LogP) is 5.43. The fourth-order valence-corrected chi connectivity index (χ4v) is 2.60. The third-order valence-corrected chi connectivity index (χ3v) is 3.94. The average Bonchev–Trinajstić information content (AvgIpc) is 2.48. The molecule has 0 saturated carbocycles. The summed E-state index contributed by atoms with van der Waals surface area (Å²) in [6, 6.07) is 13.8. The number of hydrogen-bond donors (Lipinski definition) is 1. The summed E-state index contributed by atoms with van der Waals surface area (Å²) in [7, 11) is 0. The highest BCUT2D eigenvalue weighted by Gasteiger charge is 2.06. The maximum Gasteiger partial charge on any atom is 0.124 e. The second-order valence-corrected chi connectivity index (χ2v) is 7.04. The molecule has 2 aromatic carbocycles. The Morgan fingerprint density at radius 2 is 1.86 bits per heavy atom. The molecule has 118 valence electrons. The summed E-state index contributed by atoms with van der Waals surface area (Å²) in [6.45, 7) is 6.73. The van der Waals surface area contributed by atoms with Crippen LogP contribution in [-0.2, 0) is 13.2 Å². The molecule has 0 aliphatic rings. The molecule has 0 aliphatic heterocycles. The lowest BCUT2D eigenvalue weighted by molar-refractivity contribution is 0.302. The molecule has 0 aromatic heterocycles. The molecule has 0 heterocycles. The number of rotatable bonds is 7. The highest BCUT2D eigenvalue weighted by atomic mass is 79.9. The van der Waals surface area contributed by atoms with Crippen LogP contribution in [0.25, 0.3) is 0 Å². The van der Waals surface area contributed by atoms with Crippen LogP contribution >= 0.6 is 27.5 Å². The topological polar surface area (TPSA) is 21.3 Å². The number of ether oxygens (including phenoxy) is 1. The van der Waals surface area contributed by atoms with Gasteiger partial charge < -0.3 is 10.1 Å². The molecule has 0 saturated heterocycles. The highest BCUT2D eigenvalue weighted by molar-refractivity contribution is 9.10. The van der Waals surface area contributed by atoms with E-state index in [0.29, 0.717) is 12.5 Å². The van der Waals surface area contributed by atoms with Crippen LogP contribution in [-0.4, -0.2) is 6.54 Å². The van der Waals surface area contributed by atoms with E-state index in [2.05, 4.69) is 41.2 Å². The van der Waals surface area contributed by atoms with Crippen LogP contribution in [0.4, 0.5) is 0 Å². The van der Waals surface area contributed by atoms with Crippen LogP contribution < -0.4 is 10.1 Å². The first kappa shape index (κ1) is 17.3. The maximum absolute atomic E-state index is 5.97. The van der Waals surface area contributed by atoms with Gasteiger partial charge in [0.1, 0.15) is 12.4 Å². The standard InChI is InChI=1S/C18H21BrClNO/c1-13(2)10-21-11-15-9-16(19)5-8-18(15)22-12-14-3-6-17(20)7-4-14/h3-9,13,21H,10-12H2,1-2H3. The van der Waals surface area contributed by atoms with Crippen molar-refractivity contribution in [1.29, 1.82) is 0 Å². The van der Waals surface area contributed by atoms with Gasteiger partial charge in [0.05, 0.1) is 0 Å². The van der Waals surface area contributed by atoms with Crippen molar-refractivity contribution in [2.45, 2.75) is 27.0 Å². The molecular formula is C18H21BrClNO. The van der Waals surface area contributed by atoms with Gasteiger partial charge in [-0.2, -0.15) is 0 Å². The smallest absolute Gasteiger partial charge is 0.124 e. The van der Waals surface area contributed by atoms with Crippen LogP contribution in [0.5, 0.6) is 5.75 Å². The Bertz CT molecular complexity index is 599. The molecule has 2 aromatic rings. The van der Waals surface area contributed by atoms with Crippen molar-refractivity contribution in [1.82, 2.24) is 5.32 Å².